The summed E-state index contributed by atoms with van der Waals surface area (Å²) in [6.07, 6.45) is 7.79. The van der Waals surface area contributed by atoms with Crippen LogP contribution in [0.5, 0.6) is 5.75 Å². The largest absolute Gasteiger partial charge is 0.497 e. The van der Waals surface area contributed by atoms with Gasteiger partial charge >= 0.3 is 0 Å². The summed E-state index contributed by atoms with van der Waals surface area (Å²) >= 11 is 0. The molecule has 1 aromatic carbocycles. The second-order valence-electron chi connectivity index (χ2n) is 7.41. The zero-order valence-corrected chi connectivity index (χ0v) is 16.8. The van der Waals surface area contributed by atoms with Gasteiger partial charge in [-0.25, -0.2) is 0 Å². The van der Waals surface area contributed by atoms with Crippen LogP contribution in [0.3, 0.4) is 0 Å². The van der Waals surface area contributed by atoms with Gasteiger partial charge in [-0.1, -0.05) is 12.5 Å². The number of benzene rings is 1. The highest BCUT2D eigenvalue weighted by molar-refractivity contribution is 7.86. The lowest BCUT2D eigenvalue weighted by molar-refractivity contribution is 0.247. The normalized spacial score (nSPS) is 22.7. The Balaban J connectivity index is 1.57. The highest BCUT2D eigenvalue weighted by Crippen LogP contribution is 2.33. The number of aromatic amines is 1. The van der Waals surface area contributed by atoms with Crippen molar-refractivity contribution in [1.29, 1.82) is 0 Å². The highest BCUT2D eigenvalue weighted by Gasteiger charge is 2.35. The fraction of sp³-hybridized carbons (Fsp3) is 0.500. The van der Waals surface area contributed by atoms with E-state index in [1.165, 1.54) is 5.57 Å². The van der Waals surface area contributed by atoms with Crippen LogP contribution < -0.4 is 4.74 Å². The molecule has 6 nitrogen and oxygen atoms in total. The monoisotopic (exact) mass is 389 g/mol. The van der Waals surface area contributed by atoms with Gasteiger partial charge in [0.2, 0.25) is 0 Å². The summed E-state index contributed by atoms with van der Waals surface area (Å²) in [5, 5.41) is 1.11. The molecule has 0 amide bonds. The molecule has 0 unspecified atom stereocenters. The fourth-order valence-electron chi connectivity index (χ4n) is 4.16. The van der Waals surface area contributed by atoms with Crippen LogP contribution >= 0.6 is 0 Å². The van der Waals surface area contributed by atoms with Crippen molar-refractivity contribution in [3.05, 3.63) is 36.0 Å². The minimum Gasteiger partial charge on any atom is -0.497 e. The van der Waals surface area contributed by atoms with Gasteiger partial charge in [-0.15, -0.1) is 0 Å². The van der Waals surface area contributed by atoms with Crippen molar-refractivity contribution in [2.45, 2.75) is 38.6 Å². The first kappa shape index (κ1) is 18.5. The Labute approximate surface area is 161 Å². The number of piperidine rings is 1. The molecule has 4 rings (SSSR count). The van der Waals surface area contributed by atoms with Crippen molar-refractivity contribution in [2.75, 3.05) is 26.7 Å². The lowest BCUT2D eigenvalue weighted by Crippen LogP contribution is -2.50. The Morgan fingerprint density at radius 1 is 1.22 bits per heavy atom. The molecule has 1 N–H and O–H groups in total. The number of ether oxygens (including phenoxy) is 1. The standard InChI is InChI=1S/C20H27N3O3S/c1-15-5-3-4-10-23(15)27(24,25)22-11-8-16(9-12-22)19-14-21-20-7-6-17(26-2)13-18(19)20/h6-8,13-15,21H,3-5,9-12H2,1-2H3/t15-/m0/s1. The maximum Gasteiger partial charge on any atom is 0.282 e. The minimum atomic E-state index is -3.39. The lowest BCUT2D eigenvalue weighted by atomic mass is 9.99. The number of H-pyrrole nitrogens is 1. The summed E-state index contributed by atoms with van der Waals surface area (Å²) in [6.45, 7) is 3.60. The molecule has 2 aliphatic rings. The molecule has 3 heterocycles. The highest BCUT2D eigenvalue weighted by atomic mass is 32.2. The van der Waals surface area contributed by atoms with Gasteiger partial charge in [-0.2, -0.15) is 17.0 Å². The molecular formula is C20H27N3O3S. The van der Waals surface area contributed by atoms with Gasteiger partial charge in [0.15, 0.2) is 0 Å². The third kappa shape index (κ3) is 3.39. The van der Waals surface area contributed by atoms with Gasteiger partial charge in [-0.3, -0.25) is 0 Å². The molecule has 1 aromatic heterocycles. The van der Waals surface area contributed by atoms with Crippen molar-refractivity contribution in [2.24, 2.45) is 0 Å². The Morgan fingerprint density at radius 3 is 2.78 bits per heavy atom. The van der Waals surface area contributed by atoms with Crippen LogP contribution in [0.2, 0.25) is 0 Å². The molecule has 0 spiro atoms. The second kappa shape index (κ2) is 7.30. The van der Waals surface area contributed by atoms with E-state index in [9.17, 15) is 8.42 Å². The minimum absolute atomic E-state index is 0.0928. The zero-order valence-electron chi connectivity index (χ0n) is 15.9. The van der Waals surface area contributed by atoms with Gasteiger partial charge in [0.25, 0.3) is 10.2 Å². The molecule has 0 radical (unpaired) electrons. The number of aromatic nitrogens is 1. The number of nitrogens with one attached hydrogen (secondary N) is 1. The average Bonchev–Trinajstić information content (AvgIpc) is 3.11. The van der Waals surface area contributed by atoms with E-state index in [4.69, 9.17) is 4.74 Å². The van der Waals surface area contributed by atoms with Crippen LogP contribution in [0.1, 0.15) is 38.2 Å². The average molecular weight is 390 g/mol. The number of nitrogens with zero attached hydrogens (tertiary/aromatic N) is 2. The first-order valence-corrected chi connectivity index (χ1v) is 11.0. The maximum absolute atomic E-state index is 13.0. The van der Waals surface area contributed by atoms with Crippen LogP contribution in [-0.2, 0) is 10.2 Å². The molecular weight excluding hydrogens is 362 g/mol. The van der Waals surface area contributed by atoms with Gasteiger partial charge in [-0.05, 0) is 50.0 Å². The molecule has 0 aliphatic carbocycles. The van der Waals surface area contributed by atoms with E-state index >= 15 is 0 Å². The molecule has 1 fully saturated rings. The summed E-state index contributed by atoms with van der Waals surface area (Å²) in [6, 6.07) is 6.07. The molecule has 0 bridgehead atoms. The molecule has 27 heavy (non-hydrogen) atoms. The van der Waals surface area contributed by atoms with E-state index in [0.717, 1.165) is 41.5 Å². The molecule has 0 saturated carbocycles. The van der Waals surface area contributed by atoms with Crippen molar-refractivity contribution >= 4 is 26.7 Å². The fourth-order valence-corrected chi connectivity index (χ4v) is 5.96. The van der Waals surface area contributed by atoms with Gasteiger partial charge in [0.05, 0.1) is 7.11 Å². The SMILES string of the molecule is COc1ccc2[nH]cc(C3=CCN(S(=O)(=O)N4CCCC[C@@H]4C)CC3)c2c1. The smallest absolute Gasteiger partial charge is 0.282 e. The van der Waals surface area contributed by atoms with Crippen molar-refractivity contribution in [3.8, 4) is 5.75 Å². The summed E-state index contributed by atoms with van der Waals surface area (Å²) in [5.74, 6) is 0.822. The van der Waals surface area contributed by atoms with Gasteiger partial charge < -0.3 is 9.72 Å². The van der Waals surface area contributed by atoms with Crippen LogP contribution in [0.4, 0.5) is 0 Å². The van der Waals surface area contributed by atoms with Gasteiger partial charge in [0, 0.05) is 48.3 Å². The zero-order chi connectivity index (χ0) is 19.0. The number of fused-ring (bicyclic) bond motifs is 1. The topological polar surface area (TPSA) is 65.6 Å². The van der Waals surface area contributed by atoms with E-state index < -0.39 is 10.2 Å². The quantitative estimate of drug-likeness (QED) is 0.872. The Hall–Kier alpha value is -1.83. The molecule has 2 aliphatic heterocycles. The van der Waals surface area contributed by atoms with Crippen molar-refractivity contribution in [3.63, 3.8) is 0 Å². The number of hydrogen-bond acceptors (Lipinski definition) is 3. The summed E-state index contributed by atoms with van der Waals surface area (Å²) in [4.78, 5) is 3.30. The first-order chi connectivity index (χ1) is 13.0. The van der Waals surface area contributed by atoms with Crippen LogP contribution in [0, 0.1) is 0 Å². The Bertz CT molecular complexity index is 964. The van der Waals surface area contributed by atoms with Crippen LogP contribution in [0.25, 0.3) is 16.5 Å². The predicted octanol–water partition coefficient (Wildman–Crippen LogP) is 3.38. The van der Waals surface area contributed by atoms with Crippen molar-refractivity contribution < 1.29 is 13.2 Å². The third-order valence-corrected chi connectivity index (χ3v) is 7.89. The summed E-state index contributed by atoms with van der Waals surface area (Å²) in [7, 11) is -1.72. The van der Waals surface area contributed by atoms with E-state index in [2.05, 4.69) is 11.1 Å². The first-order valence-electron chi connectivity index (χ1n) is 9.62. The molecule has 7 heteroatoms. The lowest BCUT2D eigenvalue weighted by Gasteiger charge is -2.37. The van der Waals surface area contributed by atoms with Crippen LogP contribution in [0.15, 0.2) is 30.5 Å². The molecule has 146 valence electrons. The summed E-state index contributed by atoms with van der Waals surface area (Å²) < 4.78 is 34.7. The molecule has 1 atom stereocenters. The number of hydrogen-bond donors (Lipinski definition) is 1. The summed E-state index contributed by atoms with van der Waals surface area (Å²) in [5.41, 5.74) is 3.38. The van der Waals surface area contributed by atoms with Gasteiger partial charge in [0.1, 0.15) is 5.75 Å². The van der Waals surface area contributed by atoms with E-state index in [0.29, 0.717) is 26.1 Å². The van der Waals surface area contributed by atoms with E-state index in [1.807, 2.05) is 31.3 Å². The maximum atomic E-state index is 13.0. The second-order valence-corrected chi connectivity index (χ2v) is 9.30. The molecule has 1 saturated heterocycles. The number of methoxy groups -OCH3 is 1. The third-order valence-electron chi connectivity index (χ3n) is 5.77. The van der Waals surface area contributed by atoms with Crippen LogP contribution in [-0.4, -0.2) is 54.8 Å². The molecule has 2 aromatic rings. The van der Waals surface area contributed by atoms with E-state index in [-0.39, 0.29) is 6.04 Å². The Morgan fingerprint density at radius 2 is 2.07 bits per heavy atom. The van der Waals surface area contributed by atoms with E-state index in [1.54, 1.807) is 15.7 Å². The predicted molar refractivity (Wildman–Crippen MR) is 108 cm³/mol. The van der Waals surface area contributed by atoms with Crippen molar-refractivity contribution in [1.82, 2.24) is 13.6 Å². The Kier molecular flexibility index (Phi) is 5.01. The number of rotatable bonds is 4.